The molecule has 0 atom stereocenters. The van der Waals surface area contributed by atoms with Crippen LogP contribution in [-0.2, 0) is 0 Å². The van der Waals surface area contributed by atoms with Crippen LogP contribution in [0.15, 0.2) is 36.9 Å². The van der Waals surface area contributed by atoms with Crippen LogP contribution in [0.4, 0.5) is 0 Å². The Balaban J connectivity index is 2.42. The summed E-state index contributed by atoms with van der Waals surface area (Å²) in [6.45, 7) is 0. The number of H-pyrrole nitrogens is 2. The Morgan fingerprint density at radius 2 is 1.94 bits per heavy atom. The normalized spacial score (nSPS) is 11.8. The maximum Gasteiger partial charge on any atom is 0.141 e. The molecule has 0 bridgehead atoms. The van der Waals surface area contributed by atoms with Gasteiger partial charge in [0.2, 0.25) is 0 Å². The molecule has 0 aliphatic rings. The number of hydrogen-bond acceptors (Lipinski definition) is 2. The number of nitrogens with zero attached hydrogens (tertiary/aromatic N) is 2. The zero-order valence-corrected chi connectivity index (χ0v) is 8.36. The van der Waals surface area contributed by atoms with Gasteiger partial charge in [0.15, 0.2) is 0 Å². The zero-order valence-electron chi connectivity index (χ0n) is 8.36. The van der Waals surface area contributed by atoms with Crippen molar-refractivity contribution >= 4 is 32.8 Å². The standard InChI is InChI=1S/C12H8N4/c1-2-10-11(7-3-4-14-9(1)7)8-5-13-6-15-12(8)16-10/h1-6,14H,(H,13,15,16). The highest BCUT2D eigenvalue weighted by Gasteiger charge is 2.08. The molecule has 0 spiro atoms. The zero-order chi connectivity index (χ0) is 10.5. The van der Waals surface area contributed by atoms with Gasteiger partial charge >= 0.3 is 0 Å². The van der Waals surface area contributed by atoms with Crippen LogP contribution in [0.25, 0.3) is 32.8 Å². The van der Waals surface area contributed by atoms with Crippen molar-refractivity contribution in [2.45, 2.75) is 0 Å². The number of hydrogen-bond donors (Lipinski definition) is 2. The summed E-state index contributed by atoms with van der Waals surface area (Å²) in [6.07, 6.45) is 5.37. The number of aromatic nitrogens is 4. The van der Waals surface area contributed by atoms with Crippen LogP contribution in [0.1, 0.15) is 0 Å². The quantitative estimate of drug-likeness (QED) is 0.466. The minimum atomic E-state index is 0.888. The van der Waals surface area contributed by atoms with Crippen molar-refractivity contribution in [1.29, 1.82) is 0 Å². The van der Waals surface area contributed by atoms with Gasteiger partial charge in [-0.1, -0.05) is 0 Å². The lowest BCUT2D eigenvalue weighted by molar-refractivity contribution is 1.21. The largest absolute Gasteiger partial charge is 0.361 e. The lowest BCUT2D eigenvalue weighted by atomic mass is 10.1. The summed E-state index contributed by atoms with van der Waals surface area (Å²) in [5.74, 6) is 0. The Labute approximate surface area is 90.3 Å². The molecule has 0 amide bonds. The summed E-state index contributed by atoms with van der Waals surface area (Å²) in [5.41, 5.74) is 3.12. The molecular formula is C12H8N4. The maximum absolute atomic E-state index is 4.23. The third-order valence-corrected chi connectivity index (χ3v) is 2.97. The molecule has 0 aliphatic carbocycles. The van der Waals surface area contributed by atoms with Gasteiger partial charge in [0.1, 0.15) is 12.0 Å². The first-order valence-corrected chi connectivity index (χ1v) is 5.11. The average molecular weight is 208 g/mol. The van der Waals surface area contributed by atoms with E-state index in [1.165, 1.54) is 10.8 Å². The first-order valence-electron chi connectivity index (χ1n) is 5.11. The Morgan fingerprint density at radius 3 is 2.94 bits per heavy atom. The van der Waals surface area contributed by atoms with Crippen LogP contribution in [0.2, 0.25) is 0 Å². The molecule has 0 fully saturated rings. The van der Waals surface area contributed by atoms with Crippen molar-refractivity contribution in [3.8, 4) is 0 Å². The molecule has 4 nitrogen and oxygen atoms in total. The summed E-state index contributed by atoms with van der Waals surface area (Å²) < 4.78 is 0. The van der Waals surface area contributed by atoms with Crippen molar-refractivity contribution in [1.82, 2.24) is 19.9 Å². The number of nitrogens with one attached hydrogen (secondary N) is 2. The van der Waals surface area contributed by atoms with Gasteiger partial charge in [-0.05, 0) is 18.2 Å². The molecular weight excluding hydrogens is 200 g/mol. The van der Waals surface area contributed by atoms with Crippen molar-refractivity contribution in [2.24, 2.45) is 0 Å². The molecule has 0 saturated carbocycles. The molecule has 0 unspecified atom stereocenters. The third kappa shape index (κ3) is 0.839. The van der Waals surface area contributed by atoms with Crippen LogP contribution in [-0.4, -0.2) is 19.9 Å². The molecule has 4 rings (SSSR count). The molecule has 76 valence electrons. The second kappa shape index (κ2) is 2.61. The Hall–Kier alpha value is -2.36. The fourth-order valence-corrected chi connectivity index (χ4v) is 2.27. The van der Waals surface area contributed by atoms with E-state index in [1.54, 1.807) is 6.33 Å². The average Bonchev–Trinajstić information content (AvgIpc) is 2.91. The molecule has 2 N–H and O–H groups in total. The van der Waals surface area contributed by atoms with E-state index in [2.05, 4.69) is 38.1 Å². The fourth-order valence-electron chi connectivity index (χ4n) is 2.27. The van der Waals surface area contributed by atoms with Gasteiger partial charge in [-0.25, -0.2) is 9.97 Å². The highest BCUT2D eigenvalue weighted by atomic mass is 14.9. The van der Waals surface area contributed by atoms with Gasteiger partial charge in [0, 0.05) is 39.6 Å². The van der Waals surface area contributed by atoms with E-state index in [0.717, 1.165) is 22.1 Å². The van der Waals surface area contributed by atoms with E-state index in [9.17, 15) is 0 Å². The lowest BCUT2D eigenvalue weighted by Crippen LogP contribution is -1.76. The molecule has 4 heteroatoms. The maximum atomic E-state index is 4.23. The van der Waals surface area contributed by atoms with E-state index >= 15 is 0 Å². The smallest absolute Gasteiger partial charge is 0.141 e. The van der Waals surface area contributed by atoms with Gasteiger partial charge < -0.3 is 9.97 Å². The summed E-state index contributed by atoms with van der Waals surface area (Å²) in [5, 5.41) is 3.47. The Kier molecular flexibility index (Phi) is 1.28. The van der Waals surface area contributed by atoms with E-state index < -0.39 is 0 Å². The topological polar surface area (TPSA) is 57.4 Å². The molecule has 1 aromatic carbocycles. The second-order valence-corrected chi connectivity index (χ2v) is 3.84. The monoisotopic (exact) mass is 208 g/mol. The minimum Gasteiger partial charge on any atom is -0.361 e. The Morgan fingerprint density at radius 1 is 1.00 bits per heavy atom. The van der Waals surface area contributed by atoms with Crippen LogP contribution in [0, 0.1) is 0 Å². The fraction of sp³-hybridized carbons (Fsp3) is 0. The lowest BCUT2D eigenvalue weighted by Gasteiger charge is -1.93. The Bertz CT molecular complexity index is 809. The molecule has 0 saturated heterocycles. The van der Waals surface area contributed by atoms with E-state index in [4.69, 9.17) is 0 Å². The van der Waals surface area contributed by atoms with Gasteiger partial charge in [0.05, 0.1) is 0 Å². The molecule has 3 aromatic heterocycles. The molecule has 0 aliphatic heterocycles. The third-order valence-electron chi connectivity index (χ3n) is 2.97. The van der Waals surface area contributed by atoms with Crippen molar-refractivity contribution in [2.75, 3.05) is 0 Å². The summed E-state index contributed by atoms with van der Waals surface area (Å²) in [4.78, 5) is 14.8. The van der Waals surface area contributed by atoms with Crippen LogP contribution in [0.3, 0.4) is 0 Å². The molecule has 4 aromatic rings. The second-order valence-electron chi connectivity index (χ2n) is 3.84. The number of aromatic amines is 2. The number of fused-ring (bicyclic) bond motifs is 5. The van der Waals surface area contributed by atoms with Crippen LogP contribution < -0.4 is 0 Å². The molecule has 0 radical (unpaired) electrons. The van der Waals surface area contributed by atoms with Gasteiger partial charge in [0.25, 0.3) is 0 Å². The minimum absolute atomic E-state index is 0.888. The van der Waals surface area contributed by atoms with E-state index in [0.29, 0.717) is 0 Å². The molecule has 3 heterocycles. The van der Waals surface area contributed by atoms with Gasteiger partial charge in [-0.3, -0.25) is 0 Å². The summed E-state index contributed by atoms with van der Waals surface area (Å²) in [7, 11) is 0. The predicted octanol–water partition coefficient (Wildman–Crippen LogP) is 2.59. The highest BCUT2D eigenvalue weighted by molar-refractivity contribution is 6.18. The van der Waals surface area contributed by atoms with E-state index in [1.807, 2.05) is 12.4 Å². The first-order chi connectivity index (χ1) is 7.93. The van der Waals surface area contributed by atoms with Crippen molar-refractivity contribution in [3.05, 3.63) is 36.9 Å². The van der Waals surface area contributed by atoms with Crippen molar-refractivity contribution in [3.63, 3.8) is 0 Å². The summed E-state index contributed by atoms with van der Waals surface area (Å²) >= 11 is 0. The number of benzene rings is 1. The van der Waals surface area contributed by atoms with Gasteiger partial charge in [-0.2, -0.15) is 0 Å². The van der Waals surface area contributed by atoms with Crippen LogP contribution >= 0.6 is 0 Å². The van der Waals surface area contributed by atoms with Crippen molar-refractivity contribution < 1.29 is 0 Å². The predicted molar refractivity (Wildman–Crippen MR) is 63.3 cm³/mol. The SMILES string of the molecule is c1ncc2c(n1)[nH]c1ccc3[nH]ccc3c12. The molecule has 16 heavy (non-hydrogen) atoms. The summed E-state index contributed by atoms with van der Waals surface area (Å²) in [6, 6.07) is 6.22. The number of rotatable bonds is 0. The van der Waals surface area contributed by atoms with Gasteiger partial charge in [-0.15, -0.1) is 0 Å². The van der Waals surface area contributed by atoms with E-state index in [-0.39, 0.29) is 0 Å². The highest BCUT2D eigenvalue weighted by Crippen LogP contribution is 2.30. The first kappa shape index (κ1) is 7.87. The van der Waals surface area contributed by atoms with Crippen LogP contribution in [0.5, 0.6) is 0 Å².